The summed E-state index contributed by atoms with van der Waals surface area (Å²) < 4.78 is 5.91. The van der Waals surface area contributed by atoms with E-state index in [1.807, 2.05) is 35.2 Å². The Balaban J connectivity index is 1.24. The van der Waals surface area contributed by atoms with E-state index in [4.69, 9.17) is 10.00 Å². The third-order valence-corrected chi connectivity index (χ3v) is 6.32. The number of ether oxygens (including phenoxy) is 1. The normalized spacial score (nSPS) is 23.3. The molecule has 148 valence electrons. The minimum atomic E-state index is -0.390. The van der Waals surface area contributed by atoms with Gasteiger partial charge < -0.3 is 4.74 Å². The average molecular weight is 388 g/mol. The number of piperazine rings is 1. The lowest BCUT2D eigenvalue weighted by molar-refractivity contribution is -0.107. The minimum absolute atomic E-state index is 0.115. The lowest BCUT2D eigenvalue weighted by Gasteiger charge is -2.51. The quantitative estimate of drug-likeness (QED) is 0.805. The Morgan fingerprint density at radius 3 is 2.38 bits per heavy atom. The summed E-state index contributed by atoms with van der Waals surface area (Å²) in [5.41, 5.74) is 2.76. The van der Waals surface area contributed by atoms with Gasteiger partial charge in [-0.15, -0.1) is 0 Å². The minimum Gasteiger partial charge on any atom is -0.438 e. The Bertz CT molecular complexity index is 932. The molecule has 0 N–H and O–H groups in total. The van der Waals surface area contributed by atoms with Crippen LogP contribution in [-0.2, 0) is 17.8 Å². The molecule has 3 aliphatic heterocycles. The molecule has 1 atom stereocenters. The molecule has 3 aliphatic rings. The molecule has 3 heterocycles. The molecule has 6 heteroatoms. The zero-order chi connectivity index (χ0) is 19.8. The van der Waals surface area contributed by atoms with Crippen LogP contribution in [0, 0.1) is 11.3 Å². The number of carbonyl (C=O) groups excluding carboxylic acids is 1. The first-order valence-electron chi connectivity index (χ1n) is 10.1. The predicted molar refractivity (Wildman–Crippen MR) is 108 cm³/mol. The highest BCUT2D eigenvalue weighted by Gasteiger charge is 2.61. The van der Waals surface area contributed by atoms with Gasteiger partial charge >= 0.3 is 6.09 Å². The number of benzene rings is 2. The van der Waals surface area contributed by atoms with Crippen molar-refractivity contribution in [2.24, 2.45) is 0 Å². The molecule has 2 aromatic rings. The standard InChI is InChI=1S/C23H24N4O2/c24-12-18-6-8-20(9-7-18)14-26-16-23(17-26)21-15-25(10-11-27(21)22(28)29-23)13-19-4-2-1-3-5-19/h1-9,21H,10-11,13-17H2. The van der Waals surface area contributed by atoms with Gasteiger partial charge in [-0.2, -0.15) is 5.26 Å². The smallest absolute Gasteiger partial charge is 0.410 e. The maximum atomic E-state index is 12.5. The molecule has 6 nitrogen and oxygen atoms in total. The number of hydrogen-bond acceptors (Lipinski definition) is 5. The van der Waals surface area contributed by atoms with Gasteiger partial charge in [-0.05, 0) is 23.3 Å². The van der Waals surface area contributed by atoms with Crippen molar-refractivity contribution >= 4 is 6.09 Å². The van der Waals surface area contributed by atoms with Crippen molar-refractivity contribution in [3.8, 4) is 6.07 Å². The third-order valence-electron chi connectivity index (χ3n) is 6.32. The van der Waals surface area contributed by atoms with E-state index >= 15 is 0 Å². The van der Waals surface area contributed by atoms with Crippen molar-refractivity contribution < 1.29 is 9.53 Å². The number of nitriles is 1. The highest BCUT2D eigenvalue weighted by atomic mass is 16.6. The summed E-state index contributed by atoms with van der Waals surface area (Å²) >= 11 is 0. The summed E-state index contributed by atoms with van der Waals surface area (Å²) in [6, 6.07) is 20.5. The fraction of sp³-hybridized carbons (Fsp3) is 0.391. The Morgan fingerprint density at radius 2 is 1.66 bits per heavy atom. The van der Waals surface area contributed by atoms with Crippen LogP contribution >= 0.6 is 0 Å². The fourth-order valence-corrected chi connectivity index (χ4v) is 4.83. The zero-order valence-corrected chi connectivity index (χ0v) is 16.3. The molecular weight excluding hydrogens is 364 g/mol. The SMILES string of the molecule is N#Cc1ccc(CN2CC3(C2)OC(=O)N2CCN(Cc4ccccc4)CC23)cc1. The van der Waals surface area contributed by atoms with Crippen LogP contribution in [0.1, 0.15) is 16.7 Å². The Hall–Kier alpha value is -2.88. The highest BCUT2D eigenvalue weighted by Crippen LogP contribution is 2.40. The Labute approximate surface area is 170 Å². The van der Waals surface area contributed by atoms with Crippen molar-refractivity contribution in [3.63, 3.8) is 0 Å². The van der Waals surface area contributed by atoms with Gasteiger partial charge in [0.1, 0.15) is 0 Å². The second kappa shape index (κ2) is 7.18. The zero-order valence-electron chi connectivity index (χ0n) is 16.3. The van der Waals surface area contributed by atoms with E-state index in [0.717, 1.165) is 45.8 Å². The van der Waals surface area contributed by atoms with E-state index in [1.54, 1.807) is 0 Å². The fourth-order valence-electron chi connectivity index (χ4n) is 4.83. The van der Waals surface area contributed by atoms with E-state index in [1.165, 1.54) is 11.1 Å². The predicted octanol–water partition coefficient (Wildman–Crippen LogP) is 2.45. The van der Waals surface area contributed by atoms with Gasteiger partial charge in [-0.25, -0.2) is 4.79 Å². The largest absolute Gasteiger partial charge is 0.438 e. The number of nitrogens with zero attached hydrogens (tertiary/aromatic N) is 4. The van der Waals surface area contributed by atoms with Crippen molar-refractivity contribution in [1.29, 1.82) is 5.26 Å². The molecule has 1 spiro atoms. The van der Waals surface area contributed by atoms with Gasteiger partial charge in [0.25, 0.3) is 0 Å². The number of likely N-dealkylation sites (tertiary alicyclic amines) is 1. The second-order valence-corrected chi connectivity index (χ2v) is 8.32. The van der Waals surface area contributed by atoms with E-state index in [2.05, 4.69) is 40.1 Å². The monoisotopic (exact) mass is 388 g/mol. The summed E-state index contributed by atoms with van der Waals surface area (Å²) in [6.07, 6.45) is -0.160. The van der Waals surface area contributed by atoms with E-state index in [-0.39, 0.29) is 17.7 Å². The van der Waals surface area contributed by atoms with Crippen LogP contribution < -0.4 is 0 Å². The Kier molecular flexibility index (Phi) is 4.50. The maximum absolute atomic E-state index is 12.5. The summed E-state index contributed by atoms with van der Waals surface area (Å²) in [6.45, 7) is 5.71. The average Bonchev–Trinajstić information content (AvgIpc) is 3.01. The van der Waals surface area contributed by atoms with Crippen molar-refractivity contribution in [2.45, 2.75) is 24.7 Å². The Morgan fingerprint density at radius 1 is 0.966 bits per heavy atom. The van der Waals surface area contributed by atoms with Gasteiger partial charge in [-0.1, -0.05) is 42.5 Å². The highest BCUT2D eigenvalue weighted by molar-refractivity contribution is 5.72. The van der Waals surface area contributed by atoms with Crippen LogP contribution in [0.4, 0.5) is 4.79 Å². The molecule has 0 radical (unpaired) electrons. The lowest BCUT2D eigenvalue weighted by Crippen LogP contribution is -2.70. The molecule has 2 aromatic carbocycles. The molecule has 0 bridgehead atoms. The van der Waals surface area contributed by atoms with Gasteiger partial charge in [-0.3, -0.25) is 14.7 Å². The second-order valence-electron chi connectivity index (χ2n) is 8.32. The van der Waals surface area contributed by atoms with Gasteiger partial charge in [0.2, 0.25) is 0 Å². The summed E-state index contributed by atoms with van der Waals surface area (Å²) in [5.74, 6) is 0. The molecule has 5 rings (SSSR count). The molecule has 3 saturated heterocycles. The summed E-state index contributed by atoms with van der Waals surface area (Å²) in [4.78, 5) is 19.1. The summed E-state index contributed by atoms with van der Waals surface area (Å²) in [7, 11) is 0. The van der Waals surface area contributed by atoms with E-state index < -0.39 is 0 Å². The van der Waals surface area contributed by atoms with Crippen molar-refractivity contribution in [1.82, 2.24) is 14.7 Å². The molecule has 0 aliphatic carbocycles. The number of fused-ring (bicyclic) bond motifs is 2. The van der Waals surface area contributed by atoms with E-state index in [0.29, 0.717) is 5.56 Å². The van der Waals surface area contributed by atoms with Crippen LogP contribution in [0.2, 0.25) is 0 Å². The van der Waals surface area contributed by atoms with Crippen LogP contribution in [0.25, 0.3) is 0 Å². The first-order valence-corrected chi connectivity index (χ1v) is 10.1. The van der Waals surface area contributed by atoms with Crippen LogP contribution in [0.5, 0.6) is 0 Å². The summed E-state index contributed by atoms with van der Waals surface area (Å²) in [5, 5.41) is 8.94. The topological polar surface area (TPSA) is 59.8 Å². The van der Waals surface area contributed by atoms with Gasteiger partial charge in [0, 0.05) is 45.8 Å². The first kappa shape index (κ1) is 18.2. The van der Waals surface area contributed by atoms with Gasteiger partial charge in [0.05, 0.1) is 17.7 Å². The molecule has 29 heavy (non-hydrogen) atoms. The van der Waals surface area contributed by atoms with Crippen molar-refractivity contribution in [2.75, 3.05) is 32.7 Å². The number of carbonyl (C=O) groups is 1. The molecule has 1 unspecified atom stereocenters. The number of hydrogen-bond donors (Lipinski definition) is 0. The van der Waals surface area contributed by atoms with Crippen LogP contribution in [-0.4, -0.2) is 65.2 Å². The first-order chi connectivity index (χ1) is 14.1. The number of amides is 1. The van der Waals surface area contributed by atoms with Crippen LogP contribution in [0.15, 0.2) is 54.6 Å². The molecule has 1 amide bonds. The molecule has 0 saturated carbocycles. The molecule has 0 aromatic heterocycles. The van der Waals surface area contributed by atoms with Crippen LogP contribution in [0.3, 0.4) is 0 Å². The number of rotatable bonds is 4. The maximum Gasteiger partial charge on any atom is 0.410 e. The molecule has 3 fully saturated rings. The molecular formula is C23H24N4O2. The van der Waals surface area contributed by atoms with E-state index in [9.17, 15) is 4.79 Å². The third kappa shape index (κ3) is 3.37. The van der Waals surface area contributed by atoms with Gasteiger partial charge in [0.15, 0.2) is 5.60 Å². The van der Waals surface area contributed by atoms with Crippen molar-refractivity contribution in [3.05, 3.63) is 71.3 Å². The lowest BCUT2D eigenvalue weighted by atomic mass is 9.84.